The van der Waals surface area contributed by atoms with E-state index in [1.807, 2.05) is 29.8 Å². The molecule has 1 aliphatic heterocycles. The number of pyridine rings is 1. The molecule has 1 aliphatic carbocycles. The Hall–Kier alpha value is -2.16. The number of hydrogen-bond acceptors (Lipinski definition) is 5. The molecule has 0 radical (unpaired) electrons. The molecule has 0 bridgehead atoms. The van der Waals surface area contributed by atoms with Gasteiger partial charge in [0.15, 0.2) is 17.9 Å². The van der Waals surface area contributed by atoms with Crippen LogP contribution in [0.2, 0.25) is 0 Å². The van der Waals surface area contributed by atoms with Crippen LogP contribution in [-0.4, -0.2) is 45.1 Å². The highest BCUT2D eigenvalue weighted by molar-refractivity contribution is 7.99. The fourth-order valence-corrected chi connectivity index (χ4v) is 4.87. The van der Waals surface area contributed by atoms with Crippen molar-refractivity contribution in [2.45, 2.75) is 62.3 Å². The molecular weight excluding hydrogens is 404 g/mol. The van der Waals surface area contributed by atoms with Crippen molar-refractivity contribution in [1.82, 2.24) is 5.32 Å². The van der Waals surface area contributed by atoms with E-state index in [1.54, 1.807) is 13.0 Å². The Morgan fingerprint density at radius 3 is 2.70 bits per heavy atom. The van der Waals surface area contributed by atoms with E-state index in [0.717, 1.165) is 5.57 Å². The molecule has 162 valence electrons. The second-order valence-corrected chi connectivity index (χ2v) is 9.28. The van der Waals surface area contributed by atoms with E-state index < -0.39 is 35.7 Å². The third-order valence-electron chi connectivity index (χ3n) is 5.45. The van der Waals surface area contributed by atoms with E-state index in [4.69, 9.17) is 0 Å². The van der Waals surface area contributed by atoms with Gasteiger partial charge in [0.05, 0.1) is 4.90 Å². The van der Waals surface area contributed by atoms with Crippen molar-refractivity contribution in [2.24, 2.45) is 5.92 Å². The zero-order valence-corrected chi connectivity index (χ0v) is 18.2. The first kappa shape index (κ1) is 22.5. The molecule has 4 N–H and O–H groups in total. The van der Waals surface area contributed by atoms with E-state index in [0.29, 0.717) is 16.5 Å². The Kier molecular flexibility index (Phi) is 6.69. The lowest BCUT2D eigenvalue weighted by Gasteiger charge is -2.19. The number of carbonyl (C=O) groups excluding carboxylic acids is 1. The number of hydrogen-bond donors (Lipinski definition) is 4. The van der Waals surface area contributed by atoms with Crippen molar-refractivity contribution < 1.29 is 29.5 Å². The maximum atomic E-state index is 11.4. The van der Waals surface area contributed by atoms with Crippen molar-refractivity contribution in [3.05, 3.63) is 47.8 Å². The third kappa shape index (κ3) is 4.94. The van der Waals surface area contributed by atoms with Gasteiger partial charge in [0.1, 0.15) is 6.04 Å². The molecule has 2 heterocycles. The van der Waals surface area contributed by atoms with Crippen LogP contribution in [0.1, 0.15) is 45.3 Å². The smallest absolute Gasteiger partial charge is 0.327 e. The van der Waals surface area contributed by atoms with E-state index in [2.05, 4.69) is 17.5 Å². The van der Waals surface area contributed by atoms with Gasteiger partial charge in [-0.2, -0.15) is 4.57 Å². The van der Waals surface area contributed by atoms with Crippen LogP contribution < -0.4 is 9.88 Å². The maximum absolute atomic E-state index is 11.4. The number of carboxylic acid groups (broad SMARTS) is 1. The summed E-state index contributed by atoms with van der Waals surface area (Å²) in [4.78, 5) is 23.4. The third-order valence-corrected chi connectivity index (χ3v) is 6.59. The van der Waals surface area contributed by atoms with Gasteiger partial charge < -0.3 is 20.6 Å². The number of amides is 1. The number of aromatic nitrogens is 1. The zero-order valence-electron chi connectivity index (χ0n) is 17.4. The maximum Gasteiger partial charge on any atom is 0.327 e. The van der Waals surface area contributed by atoms with Crippen molar-refractivity contribution >= 4 is 23.6 Å². The number of carboxylic acids is 1. The van der Waals surface area contributed by atoms with Crippen LogP contribution in [0.4, 0.5) is 0 Å². The number of aliphatic carboxylic acids is 1. The normalized spacial score (nSPS) is 27.2. The fourth-order valence-electron chi connectivity index (χ4n) is 3.67. The minimum Gasteiger partial charge on any atom is -0.480 e. The number of allylic oxidation sites excluding steroid dienone is 3. The molecule has 7 nitrogen and oxygen atoms in total. The van der Waals surface area contributed by atoms with E-state index >= 15 is 0 Å². The minimum atomic E-state index is -1.50. The summed E-state index contributed by atoms with van der Waals surface area (Å²) in [6.07, 6.45) is 9.38. The number of thioether (sulfide) groups is 1. The predicted molar refractivity (Wildman–Crippen MR) is 113 cm³/mol. The van der Waals surface area contributed by atoms with Crippen LogP contribution >= 0.6 is 11.8 Å². The summed E-state index contributed by atoms with van der Waals surface area (Å²) in [6, 6.07) is 2.11. The van der Waals surface area contributed by atoms with Crippen LogP contribution in [0.3, 0.4) is 0 Å². The van der Waals surface area contributed by atoms with Crippen molar-refractivity contribution in [1.29, 1.82) is 0 Å². The van der Waals surface area contributed by atoms with Gasteiger partial charge in [-0.05, 0) is 50.3 Å². The van der Waals surface area contributed by atoms with E-state index in [1.165, 1.54) is 31.5 Å². The van der Waals surface area contributed by atoms with Crippen LogP contribution in [0.25, 0.3) is 0 Å². The molecule has 1 saturated carbocycles. The van der Waals surface area contributed by atoms with Crippen molar-refractivity contribution in [2.75, 3.05) is 5.75 Å². The van der Waals surface area contributed by atoms with Crippen LogP contribution in [0.15, 0.2) is 47.0 Å². The van der Waals surface area contributed by atoms with Crippen LogP contribution in [0, 0.1) is 5.92 Å². The molecule has 30 heavy (non-hydrogen) atoms. The van der Waals surface area contributed by atoms with Gasteiger partial charge in [0.25, 0.3) is 0 Å². The first-order valence-electron chi connectivity index (χ1n) is 10.1. The number of fused-ring (bicyclic) bond motifs is 1. The summed E-state index contributed by atoms with van der Waals surface area (Å²) >= 11 is 1.23. The molecule has 1 aromatic heterocycles. The highest BCUT2D eigenvalue weighted by Gasteiger charge is 2.55. The lowest BCUT2D eigenvalue weighted by molar-refractivity contribution is -0.712. The highest BCUT2D eigenvalue weighted by atomic mass is 32.2. The average Bonchev–Trinajstić information content (AvgIpc) is 3.48. The number of rotatable bonds is 8. The lowest BCUT2D eigenvalue weighted by Crippen LogP contribution is -2.42. The standard InChI is InChI=1S/C22H28N2O5S/c1-13(6-7-15-8-9-15)11-17-20(26)22(3,29)19-18(5-4-10-24(17)19)30-12-16(21(27)28)23-14(2)25/h4-7,10-11,15-17,20,26,29H,8-9,12H2,1-3H3,(H-,23,25,27,28)/p+1. The summed E-state index contributed by atoms with van der Waals surface area (Å²) in [5.74, 6) is -0.790. The van der Waals surface area contributed by atoms with E-state index in [-0.39, 0.29) is 5.75 Å². The average molecular weight is 434 g/mol. The monoisotopic (exact) mass is 433 g/mol. The van der Waals surface area contributed by atoms with Gasteiger partial charge in [0.2, 0.25) is 17.6 Å². The van der Waals surface area contributed by atoms with Gasteiger partial charge in [-0.15, -0.1) is 11.8 Å². The largest absolute Gasteiger partial charge is 0.480 e. The van der Waals surface area contributed by atoms with Crippen molar-refractivity contribution in [3.8, 4) is 0 Å². The number of aliphatic hydroxyl groups is 2. The predicted octanol–water partition coefficient (Wildman–Crippen LogP) is 1.69. The molecule has 1 aromatic rings. The number of aliphatic hydroxyl groups excluding tert-OH is 1. The molecule has 1 fully saturated rings. The molecule has 1 amide bonds. The SMILES string of the molecule is CC(=O)NC(CSc1ccc[n+]2c1C(C)(O)C(O)C2C=C(C)C=CC1CC1)C(=O)O. The Labute approximate surface area is 180 Å². The first-order valence-corrected chi connectivity index (χ1v) is 11.0. The second kappa shape index (κ2) is 8.91. The van der Waals surface area contributed by atoms with Crippen molar-refractivity contribution in [3.63, 3.8) is 0 Å². The Morgan fingerprint density at radius 2 is 2.10 bits per heavy atom. The Bertz CT molecular complexity index is 892. The number of nitrogens with zero attached hydrogens (tertiary/aromatic N) is 1. The van der Waals surface area contributed by atoms with Gasteiger partial charge in [0, 0.05) is 18.7 Å². The summed E-state index contributed by atoms with van der Waals surface area (Å²) in [5.41, 5.74) is 0.0456. The van der Waals surface area contributed by atoms with Crippen LogP contribution in [0.5, 0.6) is 0 Å². The van der Waals surface area contributed by atoms with Gasteiger partial charge in [-0.1, -0.05) is 12.2 Å². The lowest BCUT2D eigenvalue weighted by atomic mass is 9.94. The topological polar surface area (TPSA) is 111 Å². The molecule has 0 saturated heterocycles. The highest BCUT2D eigenvalue weighted by Crippen LogP contribution is 2.40. The van der Waals surface area contributed by atoms with Gasteiger partial charge in [-0.3, -0.25) is 4.79 Å². The zero-order chi connectivity index (χ0) is 22.1. The fraction of sp³-hybridized carbons (Fsp3) is 0.500. The summed E-state index contributed by atoms with van der Waals surface area (Å²) in [7, 11) is 0. The summed E-state index contributed by atoms with van der Waals surface area (Å²) < 4.78 is 1.84. The molecule has 8 heteroatoms. The van der Waals surface area contributed by atoms with Crippen LogP contribution in [-0.2, 0) is 15.2 Å². The molecule has 0 aromatic carbocycles. The van der Waals surface area contributed by atoms with Gasteiger partial charge >= 0.3 is 5.97 Å². The Balaban J connectivity index is 1.87. The van der Waals surface area contributed by atoms with Gasteiger partial charge in [-0.25, -0.2) is 4.79 Å². The number of carbonyl (C=O) groups is 2. The second-order valence-electron chi connectivity index (χ2n) is 8.22. The quantitative estimate of drug-likeness (QED) is 0.282. The molecule has 0 spiro atoms. The first-order chi connectivity index (χ1) is 14.1. The molecule has 3 rings (SSSR count). The molecule has 4 atom stereocenters. The summed E-state index contributed by atoms with van der Waals surface area (Å²) in [6.45, 7) is 4.82. The Morgan fingerprint density at radius 1 is 1.40 bits per heavy atom. The van der Waals surface area contributed by atoms with E-state index in [9.17, 15) is 24.9 Å². The minimum absolute atomic E-state index is 0.0990. The summed E-state index contributed by atoms with van der Waals surface area (Å²) in [5, 5.41) is 33.7. The number of nitrogens with one attached hydrogen (secondary N) is 1. The molecular formula is C22H29N2O5S+. The molecule has 4 unspecified atom stereocenters. The molecule has 2 aliphatic rings.